The van der Waals surface area contributed by atoms with Gasteiger partial charge in [-0.3, -0.25) is 4.79 Å². The summed E-state index contributed by atoms with van der Waals surface area (Å²) < 4.78 is 35.2. The molecule has 1 aliphatic rings. The summed E-state index contributed by atoms with van der Waals surface area (Å²) in [5, 5.41) is 0. The minimum Gasteiger partial charge on any atom is -0.459 e. The molecule has 0 amide bonds. The van der Waals surface area contributed by atoms with E-state index in [0.717, 1.165) is 0 Å². The van der Waals surface area contributed by atoms with Gasteiger partial charge in [-0.15, -0.1) is 6.58 Å². The normalized spacial score (nSPS) is 19.6. The number of ether oxygens (including phenoxy) is 6. The molecule has 0 radical (unpaired) electrons. The number of benzene rings is 4. The molecule has 1 saturated heterocycles. The Labute approximate surface area is 288 Å². The predicted octanol–water partition coefficient (Wildman–Crippen LogP) is 5.75. The zero-order valence-electron chi connectivity index (χ0n) is 26.8. The minimum absolute atomic E-state index is 0.0999. The Morgan fingerprint density at radius 3 is 1.38 bits per heavy atom. The average molecular weight is 679 g/mol. The van der Waals surface area contributed by atoms with Gasteiger partial charge in [-0.05, 0) is 55.0 Å². The van der Waals surface area contributed by atoms with Gasteiger partial charge in [0.2, 0.25) is 12.4 Å². The van der Waals surface area contributed by atoms with E-state index in [2.05, 4.69) is 6.58 Å². The molecule has 256 valence electrons. The molecule has 11 heteroatoms. The minimum atomic E-state index is -1.69. The first-order valence-electron chi connectivity index (χ1n) is 15.8. The van der Waals surface area contributed by atoms with E-state index in [4.69, 9.17) is 28.4 Å². The third-order valence-corrected chi connectivity index (χ3v) is 7.54. The first-order chi connectivity index (χ1) is 24.3. The molecule has 1 heterocycles. The highest BCUT2D eigenvalue weighted by Crippen LogP contribution is 2.32. The zero-order valence-corrected chi connectivity index (χ0v) is 26.8. The van der Waals surface area contributed by atoms with Gasteiger partial charge in [0.25, 0.3) is 0 Å². The predicted molar refractivity (Wildman–Crippen MR) is 178 cm³/mol. The van der Waals surface area contributed by atoms with Crippen molar-refractivity contribution in [1.29, 1.82) is 0 Å². The van der Waals surface area contributed by atoms with Crippen molar-refractivity contribution in [1.82, 2.24) is 0 Å². The van der Waals surface area contributed by atoms with Crippen molar-refractivity contribution in [3.8, 4) is 0 Å². The van der Waals surface area contributed by atoms with E-state index in [0.29, 0.717) is 0 Å². The topological polar surface area (TPSA) is 141 Å². The van der Waals surface area contributed by atoms with Crippen molar-refractivity contribution in [2.45, 2.75) is 43.5 Å². The molecule has 4 aromatic rings. The summed E-state index contributed by atoms with van der Waals surface area (Å²) in [6.07, 6.45) is -6.22. The molecule has 11 nitrogen and oxygen atoms in total. The SMILES string of the molecule is C=CCCC(=O)OC1O[C@H](COC(=O)c2ccccc2)[C@@H](OC(=O)c2ccccc2)[C@H](OC(=O)c2ccccc2)[C@@H]1OC(=O)c1ccccc1. The second-order valence-electron chi connectivity index (χ2n) is 11.0. The van der Waals surface area contributed by atoms with Crippen molar-refractivity contribution in [3.63, 3.8) is 0 Å². The number of hydrogen-bond acceptors (Lipinski definition) is 11. The van der Waals surface area contributed by atoms with Crippen LogP contribution in [0.15, 0.2) is 134 Å². The molecule has 0 saturated carbocycles. The number of carbonyl (C=O) groups is 5. The molecule has 0 spiro atoms. The summed E-state index contributed by atoms with van der Waals surface area (Å²) >= 11 is 0. The van der Waals surface area contributed by atoms with Crippen molar-refractivity contribution in [2.75, 3.05) is 6.61 Å². The van der Waals surface area contributed by atoms with Crippen LogP contribution in [0.5, 0.6) is 0 Å². The highest BCUT2D eigenvalue weighted by atomic mass is 16.7. The first kappa shape index (κ1) is 35.2. The van der Waals surface area contributed by atoms with Crippen molar-refractivity contribution in [3.05, 3.63) is 156 Å². The van der Waals surface area contributed by atoms with E-state index in [1.807, 2.05) is 0 Å². The van der Waals surface area contributed by atoms with Crippen LogP contribution in [0.3, 0.4) is 0 Å². The Bertz CT molecular complexity index is 1760. The maximum Gasteiger partial charge on any atom is 0.338 e. The lowest BCUT2D eigenvalue weighted by Gasteiger charge is -2.43. The fourth-order valence-corrected chi connectivity index (χ4v) is 5.03. The Morgan fingerprint density at radius 1 is 0.540 bits per heavy atom. The monoisotopic (exact) mass is 678 g/mol. The molecular formula is C39H34O11. The molecule has 5 atom stereocenters. The molecule has 0 N–H and O–H groups in total. The first-order valence-corrected chi connectivity index (χ1v) is 15.8. The maximum absolute atomic E-state index is 13.6. The quantitative estimate of drug-likeness (QED) is 0.0969. The van der Waals surface area contributed by atoms with E-state index in [9.17, 15) is 24.0 Å². The molecular weight excluding hydrogens is 644 g/mol. The van der Waals surface area contributed by atoms with Crippen LogP contribution in [0.1, 0.15) is 54.3 Å². The van der Waals surface area contributed by atoms with Crippen LogP contribution in [0, 0.1) is 0 Å². The van der Waals surface area contributed by atoms with Crippen LogP contribution < -0.4 is 0 Å². The van der Waals surface area contributed by atoms with Gasteiger partial charge in [-0.2, -0.15) is 0 Å². The number of rotatable bonds is 13. The van der Waals surface area contributed by atoms with Crippen LogP contribution in [-0.2, 0) is 33.2 Å². The van der Waals surface area contributed by atoms with E-state index >= 15 is 0 Å². The van der Waals surface area contributed by atoms with Crippen LogP contribution in [0.4, 0.5) is 0 Å². The zero-order chi connectivity index (χ0) is 35.3. The lowest BCUT2D eigenvalue weighted by molar-refractivity contribution is -0.290. The molecule has 1 aliphatic heterocycles. The molecule has 0 aromatic heterocycles. The second kappa shape index (κ2) is 17.4. The van der Waals surface area contributed by atoms with E-state index in [1.54, 1.807) is 84.9 Å². The number of hydrogen-bond donors (Lipinski definition) is 0. The largest absolute Gasteiger partial charge is 0.459 e. The Hall–Kier alpha value is -6.07. The maximum atomic E-state index is 13.6. The molecule has 4 aromatic carbocycles. The molecule has 50 heavy (non-hydrogen) atoms. The van der Waals surface area contributed by atoms with E-state index in [-0.39, 0.29) is 35.1 Å². The van der Waals surface area contributed by atoms with Gasteiger partial charge >= 0.3 is 29.8 Å². The van der Waals surface area contributed by atoms with Crippen LogP contribution >= 0.6 is 0 Å². The highest BCUT2D eigenvalue weighted by molar-refractivity contribution is 5.91. The van der Waals surface area contributed by atoms with Gasteiger partial charge < -0.3 is 28.4 Å². The summed E-state index contributed by atoms with van der Waals surface area (Å²) in [6.45, 7) is 3.08. The lowest BCUT2D eigenvalue weighted by atomic mass is 9.97. The standard InChI is InChI=1S/C39H34O11/c1-2-3-24-31(40)47-39-34(50-38(44)29-22-14-7-15-23-29)33(49-37(43)28-20-12-6-13-21-28)32(48-36(42)27-18-10-5-11-19-27)30(46-39)25-45-35(41)26-16-8-4-9-17-26/h2,4-23,30,32-34,39H,1,3,24-25H2/t30-,32-,33+,34+,39?/m1/s1. The second-order valence-corrected chi connectivity index (χ2v) is 11.0. The van der Waals surface area contributed by atoms with Gasteiger partial charge in [0.05, 0.1) is 22.3 Å². The highest BCUT2D eigenvalue weighted by Gasteiger charge is 2.54. The number of carbonyl (C=O) groups excluding carboxylic acids is 5. The van der Waals surface area contributed by atoms with Gasteiger partial charge in [-0.1, -0.05) is 78.9 Å². The van der Waals surface area contributed by atoms with E-state index < -0.39 is 67.2 Å². The lowest BCUT2D eigenvalue weighted by Crippen LogP contribution is -2.63. The molecule has 0 bridgehead atoms. The van der Waals surface area contributed by atoms with Gasteiger partial charge in [0.15, 0.2) is 12.2 Å². The van der Waals surface area contributed by atoms with E-state index in [1.165, 1.54) is 42.5 Å². The summed E-state index contributed by atoms with van der Waals surface area (Å²) in [6, 6.07) is 32.0. The molecule has 0 aliphatic carbocycles. The number of allylic oxidation sites excluding steroid dienone is 1. The van der Waals surface area contributed by atoms with Gasteiger partial charge in [0.1, 0.15) is 12.7 Å². The third kappa shape index (κ3) is 9.30. The Balaban J connectivity index is 1.56. The van der Waals surface area contributed by atoms with Crippen LogP contribution in [-0.4, -0.2) is 67.2 Å². The third-order valence-electron chi connectivity index (χ3n) is 7.54. The van der Waals surface area contributed by atoms with Crippen molar-refractivity contribution in [2.24, 2.45) is 0 Å². The molecule has 1 unspecified atom stereocenters. The van der Waals surface area contributed by atoms with Crippen molar-refractivity contribution < 1.29 is 52.4 Å². The molecule has 1 fully saturated rings. The summed E-state index contributed by atoms with van der Waals surface area (Å²) in [7, 11) is 0. The fourth-order valence-electron chi connectivity index (χ4n) is 5.03. The summed E-state index contributed by atoms with van der Waals surface area (Å²) in [4.78, 5) is 66.5. The number of esters is 5. The smallest absolute Gasteiger partial charge is 0.338 e. The summed E-state index contributed by atoms with van der Waals surface area (Å²) in [5.74, 6) is -4.04. The molecule has 5 rings (SSSR count). The van der Waals surface area contributed by atoms with Crippen LogP contribution in [0.25, 0.3) is 0 Å². The Morgan fingerprint density at radius 2 is 0.940 bits per heavy atom. The Kier molecular flexibility index (Phi) is 12.2. The van der Waals surface area contributed by atoms with Gasteiger partial charge in [-0.25, -0.2) is 19.2 Å². The van der Waals surface area contributed by atoms with Gasteiger partial charge in [0, 0.05) is 6.42 Å². The van der Waals surface area contributed by atoms with Crippen LogP contribution in [0.2, 0.25) is 0 Å². The average Bonchev–Trinajstić information content (AvgIpc) is 3.16. The fraction of sp³-hybridized carbons (Fsp3) is 0.205. The summed E-state index contributed by atoms with van der Waals surface area (Å²) in [5.41, 5.74) is 0.646. The van der Waals surface area contributed by atoms with Crippen molar-refractivity contribution >= 4 is 29.8 Å².